The van der Waals surface area contributed by atoms with Crippen molar-refractivity contribution in [3.63, 3.8) is 0 Å². The summed E-state index contributed by atoms with van der Waals surface area (Å²) in [5, 5.41) is 11.1. The molecule has 158 valence electrons. The molecule has 2 aromatic carbocycles. The van der Waals surface area contributed by atoms with Gasteiger partial charge in [0.1, 0.15) is 11.5 Å². The van der Waals surface area contributed by atoms with Gasteiger partial charge in [-0.25, -0.2) is 0 Å². The molecule has 1 heterocycles. The first kappa shape index (κ1) is 21.6. The second-order valence-corrected chi connectivity index (χ2v) is 7.79. The zero-order valence-corrected chi connectivity index (χ0v) is 17.9. The van der Waals surface area contributed by atoms with Gasteiger partial charge in [-0.15, -0.1) is 0 Å². The smallest absolute Gasteiger partial charge is 0.295 e. The van der Waals surface area contributed by atoms with E-state index < -0.39 is 17.7 Å². The number of ketones is 1. The van der Waals surface area contributed by atoms with E-state index >= 15 is 0 Å². The first-order valence-corrected chi connectivity index (χ1v) is 9.97. The number of rotatable bonds is 7. The average Bonchev–Trinajstić information content (AvgIpc) is 2.98. The van der Waals surface area contributed by atoms with Gasteiger partial charge in [-0.2, -0.15) is 0 Å². The molecule has 1 fully saturated rings. The van der Waals surface area contributed by atoms with E-state index in [0.29, 0.717) is 17.9 Å². The van der Waals surface area contributed by atoms with E-state index in [-0.39, 0.29) is 11.3 Å². The zero-order chi connectivity index (χ0) is 21.8. The van der Waals surface area contributed by atoms with Crippen molar-refractivity contribution in [3.05, 3.63) is 70.8 Å². The van der Waals surface area contributed by atoms with Crippen molar-refractivity contribution in [2.45, 2.75) is 19.4 Å². The van der Waals surface area contributed by atoms with Crippen LogP contribution >= 0.6 is 0 Å². The summed E-state index contributed by atoms with van der Waals surface area (Å²) in [6.07, 6.45) is 0.724. The number of aliphatic hydroxyl groups excluding tert-OH is 1. The van der Waals surface area contributed by atoms with Gasteiger partial charge in [-0.3, -0.25) is 9.59 Å². The number of Topliss-reactive ketones (excluding diaryl/α,β-unsaturated/α-hetero) is 1. The number of hydrogen-bond acceptors (Lipinski definition) is 5. The molecule has 1 saturated heterocycles. The minimum Gasteiger partial charge on any atom is -0.507 e. The Morgan fingerprint density at radius 1 is 1.13 bits per heavy atom. The van der Waals surface area contributed by atoms with Crippen LogP contribution in [0.3, 0.4) is 0 Å². The van der Waals surface area contributed by atoms with Gasteiger partial charge < -0.3 is 19.6 Å². The second kappa shape index (κ2) is 9.13. The average molecular weight is 408 g/mol. The van der Waals surface area contributed by atoms with Crippen molar-refractivity contribution in [2.75, 3.05) is 34.3 Å². The molecule has 1 N–H and O–H groups in total. The maximum absolute atomic E-state index is 13.0. The van der Waals surface area contributed by atoms with E-state index in [2.05, 4.69) is 0 Å². The fraction of sp³-hybridized carbons (Fsp3) is 0.333. The highest BCUT2D eigenvalue weighted by molar-refractivity contribution is 6.46. The first-order valence-electron chi connectivity index (χ1n) is 9.97. The minimum absolute atomic E-state index is 0.113. The van der Waals surface area contributed by atoms with Crippen LogP contribution in [0.1, 0.15) is 29.2 Å². The Bertz CT molecular complexity index is 963. The van der Waals surface area contributed by atoms with E-state index in [0.717, 1.165) is 24.1 Å². The normalized spacial score (nSPS) is 18.3. The Morgan fingerprint density at radius 2 is 1.83 bits per heavy atom. The number of aryl methyl sites for hydroxylation is 1. The number of ether oxygens (including phenoxy) is 1. The van der Waals surface area contributed by atoms with Gasteiger partial charge >= 0.3 is 0 Å². The third-order valence-corrected chi connectivity index (χ3v) is 5.28. The Hall–Kier alpha value is -3.12. The van der Waals surface area contributed by atoms with Gasteiger partial charge in [-0.05, 0) is 51.7 Å². The topological polar surface area (TPSA) is 70.1 Å². The Kier molecular flexibility index (Phi) is 6.57. The molecule has 30 heavy (non-hydrogen) atoms. The maximum Gasteiger partial charge on any atom is 0.295 e. The molecule has 3 rings (SSSR count). The van der Waals surface area contributed by atoms with E-state index in [1.165, 1.54) is 7.11 Å². The number of hydrogen-bond donors (Lipinski definition) is 1. The van der Waals surface area contributed by atoms with Gasteiger partial charge in [0.05, 0.1) is 18.7 Å². The Morgan fingerprint density at radius 3 is 2.47 bits per heavy atom. The van der Waals surface area contributed by atoms with Crippen LogP contribution in [0.5, 0.6) is 5.75 Å². The lowest BCUT2D eigenvalue weighted by Crippen LogP contribution is -2.32. The summed E-state index contributed by atoms with van der Waals surface area (Å²) in [6, 6.07) is 13.9. The predicted molar refractivity (Wildman–Crippen MR) is 116 cm³/mol. The monoisotopic (exact) mass is 408 g/mol. The molecule has 0 aliphatic carbocycles. The fourth-order valence-corrected chi connectivity index (χ4v) is 3.69. The highest BCUT2D eigenvalue weighted by atomic mass is 16.5. The number of carbonyl (C=O) groups is 2. The van der Waals surface area contributed by atoms with Crippen molar-refractivity contribution in [2.24, 2.45) is 0 Å². The molecule has 1 aliphatic rings. The van der Waals surface area contributed by atoms with Crippen LogP contribution in [0.25, 0.3) is 5.76 Å². The van der Waals surface area contributed by atoms with Crippen molar-refractivity contribution >= 4 is 17.4 Å². The van der Waals surface area contributed by atoms with Crippen LogP contribution in [-0.2, 0) is 9.59 Å². The summed E-state index contributed by atoms with van der Waals surface area (Å²) in [7, 11) is 5.47. The molecule has 1 aliphatic heterocycles. The fourth-order valence-electron chi connectivity index (χ4n) is 3.69. The number of carbonyl (C=O) groups excluding carboxylic acids is 2. The molecule has 1 unspecified atom stereocenters. The number of nitrogens with zero attached hydrogens (tertiary/aromatic N) is 2. The lowest BCUT2D eigenvalue weighted by Gasteiger charge is -2.26. The number of benzene rings is 2. The molecule has 2 aromatic rings. The highest BCUT2D eigenvalue weighted by Crippen LogP contribution is 2.39. The van der Waals surface area contributed by atoms with Crippen molar-refractivity contribution in [3.8, 4) is 5.75 Å². The van der Waals surface area contributed by atoms with Crippen LogP contribution in [0.15, 0.2) is 54.1 Å². The highest BCUT2D eigenvalue weighted by Gasteiger charge is 2.45. The molecule has 6 nitrogen and oxygen atoms in total. The van der Waals surface area contributed by atoms with Crippen molar-refractivity contribution in [1.82, 2.24) is 9.80 Å². The molecular formula is C24H28N2O4. The molecule has 1 amide bonds. The van der Waals surface area contributed by atoms with Gasteiger partial charge in [0.25, 0.3) is 11.7 Å². The largest absolute Gasteiger partial charge is 0.507 e. The van der Waals surface area contributed by atoms with Gasteiger partial charge in [0.15, 0.2) is 0 Å². The molecular weight excluding hydrogens is 380 g/mol. The Balaban J connectivity index is 2.09. The molecule has 1 atom stereocenters. The molecule has 0 bridgehead atoms. The van der Waals surface area contributed by atoms with Crippen LogP contribution < -0.4 is 4.74 Å². The molecule has 0 spiro atoms. The number of likely N-dealkylation sites (tertiary alicyclic amines) is 1. The summed E-state index contributed by atoms with van der Waals surface area (Å²) in [4.78, 5) is 29.5. The summed E-state index contributed by atoms with van der Waals surface area (Å²) in [6.45, 7) is 3.20. The standard InChI is InChI=1S/C24H28N2O4/c1-16-9-11-17(12-10-16)21-20(22(27)18-7-5-8-19(15-18)30-4)23(28)24(29)26(21)14-6-13-25(2)3/h5,7-12,15,21,27H,6,13-14H2,1-4H3/b22-20+. The maximum atomic E-state index is 13.0. The summed E-state index contributed by atoms with van der Waals surface area (Å²) < 4.78 is 5.24. The SMILES string of the molecule is COc1cccc(/C(O)=C2\C(=O)C(=O)N(CCCN(C)C)C2c2ccc(C)cc2)c1. The van der Waals surface area contributed by atoms with Gasteiger partial charge in [0.2, 0.25) is 0 Å². The minimum atomic E-state index is -0.661. The van der Waals surface area contributed by atoms with Crippen molar-refractivity contribution < 1.29 is 19.4 Å². The predicted octanol–water partition coefficient (Wildman–Crippen LogP) is 3.38. The first-order chi connectivity index (χ1) is 14.3. The quantitative estimate of drug-likeness (QED) is 0.432. The van der Waals surface area contributed by atoms with Gasteiger partial charge in [0, 0.05) is 12.1 Å². The summed E-state index contributed by atoms with van der Waals surface area (Å²) >= 11 is 0. The third-order valence-electron chi connectivity index (χ3n) is 5.28. The van der Waals surface area contributed by atoms with Crippen LogP contribution in [-0.4, -0.2) is 60.9 Å². The lowest BCUT2D eigenvalue weighted by atomic mass is 9.94. The molecule has 0 radical (unpaired) electrons. The molecule has 6 heteroatoms. The second-order valence-electron chi connectivity index (χ2n) is 7.79. The Labute approximate surface area is 177 Å². The number of methoxy groups -OCH3 is 1. The van der Waals surface area contributed by atoms with Gasteiger partial charge in [-0.1, -0.05) is 42.0 Å². The van der Waals surface area contributed by atoms with Crippen LogP contribution in [0.2, 0.25) is 0 Å². The third kappa shape index (κ3) is 4.39. The van der Waals surface area contributed by atoms with E-state index in [1.807, 2.05) is 50.2 Å². The van der Waals surface area contributed by atoms with Crippen LogP contribution in [0.4, 0.5) is 0 Å². The number of aliphatic hydroxyl groups is 1. The number of amides is 1. The molecule has 0 saturated carbocycles. The summed E-state index contributed by atoms with van der Waals surface area (Å²) in [5.74, 6) is -0.867. The van der Waals surface area contributed by atoms with E-state index in [1.54, 1.807) is 29.2 Å². The molecule has 0 aromatic heterocycles. The lowest BCUT2D eigenvalue weighted by molar-refractivity contribution is -0.139. The van der Waals surface area contributed by atoms with Crippen molar-refractivity contribution in [1.29, 1.82) is 0 Å². The van der Waals surface area contributed by atoms with Crippen LogP contribution in [0, 0.1) is 6.92 Å². The van der Waals surface area contributed by atoms with E-state index in [4.69, 9.17) is 4.74 Å². The zero-order valence-electron chi connectivity index (χ0n) is 17.9. The summed E-state index contributed by atoms with van der Waals surface area (Å²) in [5.41, 5.74) is 2.44. The van der Waals surface area contributed by atoms with E-state index in [9.17, 15) is 14.7 Å².